The summed E-state index contributed by atoms with van der Waals surface area (Å²) in [4.78, 5) is 12.4. The normalized spacial score (nSPS) is 15.8. The van der Waals surface area contributed by atoms with Crippen molar-refractivity contribution in [2.75, 3.05) is 19.6 Å². The summed E-state index contributed by atoms with van der Waals surface area (Å²) in [7, 11) is -3.45. The molecule has 1 amide bonds. The van der Waals surface area contributed by atoms with Crippen LogP contribution in [-0.4, -0.2) is 38.3 Å². The summed E-state index contributed by atoms with van der Waals surface area (Å²) in [5.41, 5.74) is 3.12. The van der Waals surface area contributed by atoms with Gasteiger partial charge in [0.05, 0.1) is 5.75 Å². The summed E-state index contributed by atoms with van der Waals surface area (Å²) < 4.78 is 26.9. The third kappa shape index (κ3) is 6.30. The van der Waals surface area contributed by atoms with E-state index in [-0.39, 0.29) is 17.6 Å². The van der Waals surface area contributed by atoms with Crippen molar-refractivity contribution in [1.82, 2.24) is 9.62 Å². The van der Waals surface area contributed by atoms with E-state index in [1.165, 1.54) is 15.4 Å². The number of rotatable bonds is 8. The number of carbonyl (C=O) groups excluding carboxylic acids is 1. The Balaban J connectivity index is 1.41. The smallest absolute Gasteiger partial charge is 0.223 e. The van der Waals surface area contributed by atoms with E-state index in [0.29, 0.717) is 43.1 Å². The van der Waals surface area contributed by atoms with Gasteiger partial charge in [0, 0.05) is 30.6 Å². The molecule has 7 heteroatoms. The van der Waals surface area contributed by atoms with Crippen molar-refractivity contribution in [3.63, 3.8) is 0 Å². The maximum Gasteiger partial charge on any atom is 0.223 e. The maximum absolute atomic E-state index is 12.7. The second-order valence-corrected chi connectivity index (χ2v) is 10.3. The van der Waals surface area contributed by atoms with Gasteiger partial charge in [-0.15, -0.1) is 0 Å². The molecule has 1 N–H and O–H groups in total. The van der Waals surface area contributed by atoms with Crippen LogP contribution in [-0.2, 0) is 27.0 Å². The van der Waals surface area contributed by atoms with Crippen LogP contribution in [0.2, 0.25) is 5.02 Å². The fraction of sp³-hybridized carbons (Fsp3) is 0.435. The Morgan fingerprint density at radius 2 is 1.77 bits per heavy atom. The van der Waals surface area contributed by atoms with Gasteiger partial charge in [0.2, 0.25) is 15.9 Å². The summed E-state index contributed by atoms with van der Waals surface area (Å²) >= 11 is 6.10. The van der Waals surface area contributed by atoms with E-state index in [1.807, 2.05) is 0 Å². The van der Waals surface area contributed by atoms with Crippen molar-refractivity contribution in [2.24, 2.45) is 5.92 Å². The quantitative estimate of drug-likeness (QED) is 0.622. The van der Waals surface area contributed by atoms with Gasteiger partial charge in [-0.05, 0) is 49.8 Å². The number of benzene rings is 2. The van der Waals surface area contributed by atoms with Gasteiger partial charge in [0.15, 0.2) is 0 Å². The lowest BCUT2D eigenvalue weighted by Gasteiger charge is -2.30. The predicted octanol–water partition coefficient (Wildman–Crippen LogP) is 3.94. The summed E-state index contributed by atoms with van der Waals surface area (Å²) in [6, 6.07) is 15.4. The third-order valence-electron chi connectivity index (χ3n) is 5.58. The van der Waals surface area contributed by atoms with E-state index in [0.717, 1.165) is 12.8 Å². The molecule has 0 atom stereocenters. The highest BCUT2D eigenvalue weighted by Gasteiger charge is 2.31. The Bertz CT molecular complexity index is 953. The molecule has 3 rings (SSSR count). The van der Waals surface area contributed by atoms with Gasteiger partial charge < -0.3 is 5.32 Å². The number of halogens is 1. The highest BCUT2D eigenvalue weighted by molar-refractivity contribution is 7.88. The number of sulfonamides is 1. The third-order valence-corrected chi connectivity index (χ3v) is 7.77. The van der Waals surface area contributed by atoms with E-state index in [9.17, 15) is 13.2 Å². The van der Waals surface area contributed by atoms with Crippen molar-refractivity contribution in [1.29, 1.82) is 0 Å². The van der Waals surface area contributed by atoms with Crippen molar-refractivity contribution < 1.29 is 13.2 Å². The molecule has 0 spiro atoms. The van der Waals surface area contributed by atoms with Crippen LogP contribution in [0, 0.1) is 12.8 Å². The molecular weight excluding hydrogens is 420 g/mol. The first-order valence-electron chi connectivity index (χ1n) is 10.4. The van der Waals surface area contributed by atoms with Gasteiger partial charge in [0.1, 0.15) is 0 Å². The predicted molar refractivity (Wildman–Crippen MR) is 121 cm³/mol. The molecule has 0 radical (unpaired) electrons. The zero-order chi connectivity index (χ0) is 21.6. The van der Waals surface area contributed by atoms with Gasteiger partial charge in [-0.1, -0.05) is 59.6 Å². The van der Waals surface area contributed by atoms with Crippen molar-refractivity contribution in [3.05, 3.63) is 70.2 Å². The van der Waals surface area contributed by atoms with E-state index >= 15 is 0 Å². The second kappa shape index (κ2) is 10.4. The lowest BCUT2D eigenvalue weighted by Crippen LogP contribution is -2.43. The largest absolute Gasteiger partial charge is 0.356 e. The van der Waals surface area contributed by atoms with Crippen molar-refractivity contribution >= 4 is 27.5 Å². The molecule has 0 bridgehead atoms. The minimum Gasteiger partial charge on any atom is -0.356 e. The molecule has 5 nitrogen and oxygen atoms in total. The number of nitrogens with one attached hydrogen (secondary N) is 1. The van der Waals surface area contributed by atoms with Gasteiger partial charge in [-0.3, -0.25) is 4.79 Å². The topological polar surface area (TPSA) is 66.5 Å². The molecule has 1 saturated heterocycles. The molecule has 1 heterocycles. The maximum atomic E-state index is 12.7. The number of amides is 1. The molecule has 0 unspecified atom stereocenters. The molecule has 1 fully saturated rings. The summed E-state index contributed by atoms with van der Waals surface area (Å²) in [6.45, 7) is 3.44. The van der Waals surface area contributed by atoms with Crippen LogP contribution in [0.4, 0.5) is 0 Å². The van der Waals surface area contributed by atoms with Crippen LogP contribution in [0.25, 0.3) is 0 Å². The van der Waals surface area contributed by atoms with Crippen LogP contribution < -0.4 is 5.32 Å². The Morgan fingerprint density at radius 1 is 1.10 bits per heavy atom. The van der Waals surface area contributed by atoms with Crippen molar-refractivity contribution in [3.8, 4) is 0 Å². The van der Waals surface area contributed by atoms with E-state index in [2.05, 4.69) is 36.5 Å². The number of piperidine rings is 1. The number of nitrogens with zero attached hydrogens (tertiary/aromatic N) is 1. The van der Waals surface area contributed by atoms with Crippen molar-refractivity contribution in [2.45, 2.75) is 38.4 Å². The average molecular weight is 449 g/mol. The highest BCUT2D eigenvalue weighted by Crippen LogP contribution is 2.24. The molecule has 1 aliphatic heterocycles. The number of aryl methyl sites for hydroxylation is 2. The first-order valence-corrected chi connectivity index (χ1v) is 12.4. The van der Waals surface area contributed by atoms with E-state index in [4.69, 9.17) is 11.6 Å². The lowest BCUT2D eigenvalue weighted by molar-refractivity contribution is -0.126. The molecule has 1 aliphatic rings. The van der Waals surface area contributed by atoms with Crippen LogP contribution in [0.15, 0.2) is 48.5 Å². The average Bonchev–Trinajstić information content (AvgIpc) is 2.74. The monoisotopic (exact) mass is 448 g/mol. The SMILES string of the molecule is Cc1ccc(CCCNC(=O)C2CCN(S(=O)(=O)Cc3ccccc3Cl)CC2)cc1. The fourth-order valence-corrected chi connectivity index (χ4v) is 5.58. The standard InChI is InChI=1S/C23H29ClN2O3S/c1-18-8-10-19(11-9-18)5-4-14-25-23(27)20-12-15-26(16-13-20)30(28,29)17-21-6-2-3-7-22(21)24/h2-3,6-11,20H,4-5,12-17H2,1H3,(H,25,27). The summed E-state index contributed by atoms with van der Waals surface area (Å²) in [5.74, 6) is -0.207. The van der Waals surface area contributed by atoms with Gasteiger partial charge in [-0.25, -0.2) is 12.7 Å². The molecule has 0 aliphatic carbocycles. The summed E-state index contributed by atoms with van der Waals surface area (Å²) in [6.07, 6.45) is 2.91. The molecule has 0 saturated carbocycles. The van der Waals surface area contributed by atoms with E-state index < -0.39 is 10.0 Å². The van der Waals surface area contributed by atoms with Crippen LogP contribution in [0.1, 0.15) is 36.0 Å². The fourth-order valence-electron chi connectivity index (χ4n) is 3.70. The Labute approximate surface area is 184 Å². The zero-order valence-corrected chi connectivity index (χ0v) is 18.9. The summed E-state index contributed by atoms with van der Waals surface area (Å²) in [5, 5.41) is 3.47. The highest BCUT2D eigenvalue weighted by atomic mass is 35.5. The Morgan fingerprint density at radius 3 is 2.43 bits per heavy atom. The molecule has 2 aromatic rings. The van der Waals surface area contributed by atoms with Crippen LogP contribution >= 0.6 is 11.6 Å². The van der Waals surface area contributed by atoms with Crippen LogP contribution in [0.5, 0.6) is 0 Å². The Kier molecular flexibility index (Phi) is 7.92. The minimum absolute atomic E-state index is 0.0297. The van der Waals surface area contributed by atoms with Gasteiger partial charge in [-0.2, -0.15) is 0 Å². The Hall–Kier alpha value is -1.89. The molecule has 162 valence electrons. The number of carbonyl (C=O) groups is 1. The lowest BCUT2D eigenvalue weighted by atomic mass is 9.97. The second-order valence-electron chi connectivity index (χ2n) is 7.90. The van der Waals surface area contributed by atoms with Gasteiger partial charge >= 0.3 is 0 Å². The van der Waals surface area contributed by atoms with Gasteiger partial charge in [0.25, 0.3) is 0 Å². The van der Waals surface area contributed by atoms with Crippen LogP contribution in [0.3, 0.4) is 0 Å². The minimum atomic E-state index is -3.45. The number of hydrogen-bond acceptors (Lipinski definition) is 3. The van der Waals surface area contributed by atoms with E-state index in [1.54, 1.807) is 24.3 Å². The first kappa shape index (κ1) is 22.8. The molecule has 30 heavy (non-hydrogen) atoms. The molecule has 2 aromatic carbocycles. The molecular formula is C23H29ClN2O3S. The number of hydrogen-bond donors (Lipinski definition) is 1. The zero-order valence-electron chi connectivity index (χ0n) is 17.3. The first-order chi connectivity index (χ1) is 14.3. The molecule has 0 aromatic heterocycles.